The molecule has 0 unspecified atom stereocenters. The minimum atomic E-state index is 0.170. The molecule has 0 amide bonds. The average molecular weight is 258 g/mol. The van der Waals surface area contributed by atoms with Gasteiger partial charge in [0.05, 0.1) is 0 Å². The van der Waals surface area contributed by atoms with Crippen molar-refractivity contribution in [3.8, 4) is 0 Å². The van der Waals surface area contributed by atoms with E-state index in [0.29, 0.717) is 0 Å². The number of carbonyl (C=O) groups is 1. The summed E-state index contributed by atoms with van der Waals surface area (Å²) in [5, 5.41) is 0. The number of aryl methyl sites for hydroxylation is 1. The maximum Gasteiger partial charge on any atom is 0.159 e. The molecule has 0 saturated heterocycles. The molecule has 0 spiro atoms. The Balaban J connectivity index is 1.76. The Bertz CT molecular complexity index is 413. The molecule has 0 heterocycles. The van der Waals surface area contributed by atoms with Gasteiger partial charge in [-0.25, -0.2) is 0 Å². The number of benzene rings is 1. The number of rotatable bonds is 5. The molecule has 1 nitrogen and oxygen atoms in total. The molecule has 1 fully saturated rings. The van der Waals surface area contributed by atoms with Crippen molar-refractivity contribution in [1.82, 2.24) is 0 Å². The highest BCUT2D eigenvalue weighted by molar-refractivity contribution is 5.94. The van der Waals surface area contributed by atoms with E-state index in [1.165, 1.54) is 44.1 Å². The SMILES string of the molecule is CC(=O)c1cccc(CCCC2CCC(C)CC2)c1. The van der Waals surface area contributed by atoms with Crippen LogP contribution in [0.3, 0.4) is 0 Å². The van der Waals surface area contributed by atoms with Crippen LogP contribution in [0.2, 0.25) is 0 Å². The van der Waals surface area contributed by atoms with Crippen LogP contribution in [0.15, 0.2) is 24.3 Å². The maximum atomic E-state index is 11.3. The van der Waals surface area contributed by atoms with Crippen LogP contribution in [0.25, 0.3) is 0 Å². The van der Waals surface area contributed by atoms with Crippen molar-refractivity contribution in [2.75, 3.05) is 0 Å². The fourth-order valence-corrected chi connectivity index (χ4v) is 3.16. The summed E-state index contributed by atoms with van der Waals surface area (Å²) >= 11 is 0. The number of hydrogen-bond acceptors (Lipinski definition) is 1. The lowest BCUT2D eigenvalue weighted by molar-refractivity contribution is 0.101. The predicted molar refractivity (Wildman–Crippen MR) is 80.5 cm³/mol. The molecule has 2 rings (SSSR count). The van der Waals surface area contributed by atoms with E-state index in [1.807, 2.05) is 12.1 Å². The summed E-state index contributed by atoms with van der Waals surface area (Å²) in [5.74, 6) is 2.07. The third kappa shape index (κ3) is 4.49. The van der Waals surface area contributed by atoms with Crippen molar-refractivity contribution in [3.63, 3.8) is 0 Å². The van der Waals surface area contributed by atoms with E-state index in [1.54, 1.807) is 6.92 Å². The quantitative estimate of drug-likeness (QED) is 0.676. The van der Waals surface area contributed by atoms with Gasteiger partial charge in [-0.15, -0.1) is 0 Å². The highest BCUT2D eigenvalue weighted by Crippen LogP contribution is 2.31. The molecule has 1 aromatic rings. The molecule has 0 bridgehead atoms. The zero-order valence-electron chi connectivity index (χ0n) is 12.3. The van der Waals surface area contributed by atoms with Gasteiger partial charge in [0.1, 0.15) is 0 Å². The maximum absolute atomic E-state index is 11.3. The monoisotopic (exact) mass is 258 g/mol. The topological polar surface area (TPSA) is 17.1 Å². The van der Waals surface area contributed by atoms with Crippen molar-refractivity contribution in [1.29, 1.82) is 0 Å². The summed E-state index contributed by atoms with van der Waals surface area (Å²) in [6, 6.07) is 8.13. The number of carbonyl (C=O) groups excluding carboxylic acids is 1. The Morgan fingerprint density at radius 1 is 1.21 bits per heavy atom. The van der Waals surface area contributed by atoms with E-state index in [2.05, 4.69) is 19.1 Å². The van der Waals surface area contributed by atoms with Crippen molar-refractivity contribution in [3.05, 3.63) is 35.4 Å². The molecule has 0 aromatic heterocycles. The first-order chi connectivity index (χ1) is 9.15. The first-order valence-corrected chi connectivity index (χ1v) is 7.75. The van der Waals surface area contributed by atoms with Gasteiger partial charge in [0, 0.05) is 5.56 Å². The van der Waals surface area contributed by atoms with E-state index in [9.17, 15) is 4.79 Å². The zero-order valence-corrected chi connectivity index (χ0v) is 12.3. The van der Waals surface area contributed by atoms with Gasteiger partial charge in [0.2, 0.25) is 0 Å². The first kappa shape index (κ1) is 14.3. The van der Waals surface area contributed by atoms with Crippen molar-refractivity contribution < 1.29 is 4.79 Å². The molecule has 1 heteroatoms. The van der Waals surface area contributed by atoms with Gasteiger partial charge in [-0.1, -0.05) is 57.2 Å². The Morgan fingerprint density at radius 3 is 2.63 bits per heavy atom. The fourth-order valence-electron chi connectivity index (χ4n) is 3.16. The second-order valence-electron chi connectivity index (χ2n) is 6.27. The largest absolute Gasteiger partial charge is 0.295 e. The van der Waals surface area contributed by atoms with Gasteiger partial charge in [-0.3, -0.25) is 4.79 Å². The normalized spacial score (nSPS) is 23.3. The highest BCUT2D eigenvalue weighted by atomic mass is 16.1. The Morgan fingerprint density at radius 2 is 1.95 bits per heavy atom. The van der Waals surface area contributed by atoms with E-state index in [4.69, 9.17) is 0 Å². The second-order valence-corrected chi connectivity index (χ2v) is 6.27. The van der Waals surface area contributed by atoms with Crippen molar-refractivity contribution in [2.45, 2.75) is 58.8 Å². The van der Waals surface area contributed by atoms with E-state index < -0.39 is 0 Å². The summed E-state index contributed by atoms with van der Waals surface area (Å²) in [7, 11) is 0. The van der Waals surface area contributed by atoms with Crippen molar-refractivity contribution >= 4 is 5.78 Å². The van der Waals surface area contributed by atoms with Crippen LogP contribution in [0.5, 0.6) is 0 Å². The summed E-state index contributed by atoms with van der Waals surface area (Å²) in [4.78, 5) is 11.3. The molecule has 1 aliphatic carbocycles. The van der Waals surface area contributed by atoms with E-state index >= 15 is 0 Å². The number of Topliss-reactive ketones (excluding diaryl/α,β-unsaturated/α-hetero) is 1. The highest BCUT2D eigenvalue weighted by Gasteiger charge is 2.17. The van der Waals surface area contributed by atoms with E-state index in [0.717, 1.165) is 23.8 Å². The molecule has 104 valence electrons. The Labute approximate surface area is 117 Å². The molecular weight excluding hydrogens is 232 g/mol. The zero-order chi connectivity index (χ0) is 13.7. The Hall–Kier alpha value is -1.11. The van der Waals surface area contributed by atoms with Crippen molar-refractivity contribution in [2.24, 2.45) is 11.8 Å². The lowest BCUT2D eigenvalue weighted by atomic mass is 9.80. The standard InChI is InChI=1S/C18H26O/c1-14-9-11-16(12-10-14)5-3-6-17-7-4-8-18(13-17)15(2)19/h4,7-8,13-14,16H,3,5-6,9-12H2,1-2H3. The smallest absolute Gasteiger partial charge is 0.159 e. The third-order valence-corrected chi connectivity index (χ3v) is 4.55. The van der Waals surface area contributed by atoms with Gasteiger partial charge in [0.15, 0.2) is 5.78 Å². The summed E-state index contributed by atoms with van der Waals surface area (Å²) in [5.41, 5.74) is 2.17. The summed E-state index contributed by atoms with van der Waals surface area (Å²) < 4.78 is 0. The molecule has 19 heavy (non-hydrogen) atoms. The molecule has 0 N–H and O–H groups in total. The van der Waals surface area contributed by atoms with Gasteiger partial charge in [-0.05, 0) is 43.2 Å². The van der Waals surface area contributed by atoms with Crippen LogP contribution in [0.1, 0.15) is 68.3 Å². The number of hydrogen-bond donors (Lipinski definition) is 0. The van der Waals surface area contributed by atoms with Crippen LogP contribution >= 0.6 is 0 Å². The van der Waals surface area contributed by atoms with E-state index in [-0.39, 0.29) is 5.78 Å². The van der Waals surface area contributed by atoms with Gasteiger partial charge < -0.3 is 0 Å². The average Bonchev–Trinajstić information content (AvgIpc) is 2.41. The lowest BCUT2D eigenvalue weighted by Crippen LogP contribution is -2.12. The van der Waals surface area contributed by atoms with Crippen LogP contribution < -0.4 is 0 Å². The van der Waals surface area contributed by atoms with Gasteiger partial charge in [0.25, 0.3) is 0 Å². The lowest BCUT2D eigenvalue weighted by Gasteiger charge is -2.26. The van der Waals surface area contributed by atoms with Crippen LogP contribution in [0, 0.1) is 11.8 Å². The fraction of sp³-hybridized carbons (Fsp3) is 0.611. The third-order valence-electron chi connectivity index (χ3n) is 4.55. The van der Waals surface area contributed by atoms with Gasteiger partial charge >= 0.3 is 0 Å². The minimum absolute atomic E-state index is 0.170. The molecule has 0 radical (unpaired) electrons. The summed E-state index contributed by atoms with van der Waals surface area (Å²) in [6.07, 6.45) is 9.43. The molecule has 0 aliphatic heterocycles. The number of ketones is 1. The van der Waals surface area contributed by atoms with Crippen LogP contribution in [-0.4, -0.2) is 5.78 Å². The second kappa shape index (κ2) is 6.88. The van der Waals surface area contributed by atoms with Crippen LogP contribution in [-0.2, 0) is 6.42 Å². The van der Waals surface area contributed by atoms with Gasteiger partial charge in [-0.2, -0.15) is 0 Å². The molecule has 0 atom stereocenters. The Kier molecular flexibility index (Phi) is 5.18. The first-order valence-electron chi connectivity index (χ1n) is 7.75. The predicted octanol–water partition coefficient (Wildman–Crippen LogP) is 5.04. The molecule has 1 aliphatic rings. The molecular formula is C18H26O. The molecule has 1 aromatic carbocycles. The van der Waals surface area contributed by atoms with Crippen LogP contribution in [0.4, 0.5) is 0 Å². The summed E-state index contributed by atoms with van der Waals surface area (Å²) in [6.45, 7) is 4.02. The minimum Gasteiger partial charge on any atom is -0.295 e. The molecule has 1 saturated carbocycles.